The summed E-state index contributed by atoms with van der Waals surface area (Å²) in [5, 5.41) is 2.52. The first-order valence-corrected chi connectivity index (χ1v) is 9.70. The van der Waals surface area contributed by atoms with E-state index < -0.39 is 21.7 Å². The van der Waals surface area contributed by atoms with Gasteiger partial charge in [0.25, 0.3) is 0 Å². The van der Waals surface area contributed by atoms with Crippen molar-refractivity contribution < 1.29 is 17.6 Å². The molecule has 1 N–H and O–H groups in total. The number of rotatable bonds is 5. The Balaban J connectivity index is 1.65. The number of halogens is 1. The second-order valence-electron chi connectivity index (χ2n) is 5.93. The topological polar surface area (TPSA) is 66.5 Å². The lowest BCUT2D eigenvalue weighted by Gasteiger charge is -2.30. The minimum atomic E-state index is -3.59. The zero-order valence-electron chi connectivity index (χ0n) is 13.6. The van der Waals surface area contributed by atoms with E-state index in [0.717, 1.165) is 18.4 Å². The molecule has 7 heteroatoms. The van der Waals surface area contributed by atoms with Gasteiger partial charge in [-0.15, -0.1) is 0 Å². The summed E-state index contributed by atoms with van der Waals surface area (Å²) in [6.07, 6.45) is 1.42. The van der Waals surface area contributed by atoms with Gasteiger partial charge >= 0.3 is 0 Å². The number of carbonyl (C=O) groups excluding carboxylic acids is 1. The Morgan fingerprint density at radius 1 is 1.16 bits per heavy atom. The van der Waals surface area contributed by atoms with E-state index in [-0.39, 0.29) is 12.2 Å². The zero-order chi connectivity index (χ0) is 17.9. The fourth-order valence-electron chi connectivity index (χ4n) is 2.91. The average Bonchev–Trinajstić information content (AvgIpc) is 2.59. The van der Waals surface area contributed by atoms with E-state index in [1.54, 1.807) is 12.1 Å². The average molecular weight is 362 g/mol. The molecule has 0 fully saturated rings. The van der Waals surface area contributed by atoms with Crippen LogP contribution in [-0.4, -0.2) is 26.6 Å². The molecule has 0 radical (unpaired) electrons. The van der Waals surface area contributed by atoms with Crippen molar-refractivity contribution in [3.63, 3.8) is 0 Å². The summed E-state index contributed by atoms with van der Waals surface area (Å²) in [6.45, 7) is 0.421. The highest BCUT2D eigenvalue weighted by Crippen LogP contribution is 2.29. The zero-order valence-corrected chi connectivity index (χ0v) is 14.4. The van der Waals surface area contributed by atoms with Crippen molar-refractivity contribution in [2.45, 2.75) is 19.3 Å². The maximum Gasteiger partial charge on any atom is 0.235 e. The molecule has 0 aromatic heterocycles. The van der Waals surface area contributed by atoms with Crippen LogP contribution < -0.4 is 9.62 Å². The van der Waals surface area contributed by atoms with Crippen LogP contribution in [0, 0.1) is 5.82 Å². The summed E-state index contributed by atoms with van der Waals surface area (Å²) < 4.78 is 39.8. The van der Waals surface area contributed by atoms with E-state index >= 15 is 0 Å². The molecule has 1 aliphatic rings. The Bertz CT molecular complexity index is 883. The van der Waals surface area contributed by atoms with Gasteiger partial charge in [-0.05, 0) is 42.7 Å². The first kappa shape index (κ1) is 17.4. The van der Waals surface area contributed by atoms with Crippen molar-refractivity contribution in [1.82, 2.24) is 0 Å². The number of sulfonamides is 1. The minimum Gasteiger partial charge on any atom is -0.326 e. The van der Waals surface area contributed by atoms with Crippen molar-refractivity contribution >= 4 is 27.3 Å². The fourth-order valence-corrected chi connectivity index (χ4v) is 4.46. The summed E-state index contributed by atoms with van der Waals surface area (Å²) in [4.78, 5) is 12.0. The molecule has 5 nitrogen and oxygen atoms in total. The van der Waals surface area contributed by atoms with Gasteiger partial charge in [0.2, 0.25) is 15.9 Å². The van der Waals surface area contributed by atoms with E-state index in [1.807, 2.05) is 18.2 Å². The Morgan fingerprint density at radius 2 is 1.96 bits per heavy atom. The van der Waals surface area contributed by atoms with Crippen molar-refractivity contribution in [1.29, 1.82) is 0 Å². The lowest BCUT2D eigenvalue weighted by Crippen LogP contribution is -2.37. The molecule has 0 bridgehead atoms. The van der Waals surface area contributed by atoms with E-state index in [0.29, 0.717) is 17.9 Å². The normalized spacial score (nSPS) is 14.0. The van der Waals surface area contributed by atoms with Gasteiger partial charge in [-0.3, -0.25) is 9.10 Å². The molecule has 0 atom stereocenters. The standard InChI is InChI=1S/C18H19FN2O3S/c19-15-7-3-8-16(13-15)20-18(22)10-12-25(23,24)21-11-4-6-14-5-1-2-9-17(14)21/h1-3,5,7-9,13H,4,6,10-12H2,(H,20,22). The molecule has 0 saturated carbocycles. The van der Waals surface area contributed by atoms with Gasteiger partial charge in [0.15, 0.2) is 0 Å². The fraction of sp³-hybridized carbons (Fsp3) is 0.278. The Labute approximate surface area is 146 Å². The number of aryl methyl sites for hydroxylation is 1. The summed E-state index contributed by atoms with van der Waals surface area (Å²) in [7, 11) is -3.59. The van der Waals surface area contributed by atoms with Gasteiger partial charge in [0.1, 0.15) is 5.82 Å². The van der Waals surface area contributed by atoms with Crippen LogP contribution in [0.1, 0.15) is 18.4 Å². The molecular weight excluding hydrogens is 343 g/mol. The number of nitrogens with zero attached hydrogens (tertiary/aromatic N) is 1. The van der Waals surface area contributed by atoms with E-state index in [4.69, 9.17) is 0 Å². The minimum absolute atomic E-state index is 0.183. The van der Waals surface area contributed by atoms with Crippen LogP contribution in [0.3, 0.4) is 0 Å². The predicted octanol–water partition coefficient (Wildman–Crippen LogP) is 2.94. The second-order valence-corrected chi connectivity index (χ2v) is 7.94. The largest absolute Gasteiger partial charge is 0.326 e. The van der Waals surface area contributed by atoms with Crippen LogP contribution in [0.2, 0.25) is 0 Å². The molecule has 1 aliphatic heterocycles. The molecule has 0 aliphatic carbocycles. The SMILES string of the molecule is O=C(CCS(=O)(=O)N1CCCc2ccccc21)Nc1cccc(F)c1. The first-order valence-electron chi connectivity index (χ1n) is 8.09. The number of hydrogen-bond donors (Lipinski definition) is 1. The van der Waals surface area contributed by atoms with Crippen molar-refractivity contribution in [2.24, 2.45) is 0 Å². The van der Waals surface area contributed by atoms with Crippen LogP contribution in [0.4, 0.5) is 15.8 Å². The Hall–Kier alpha value is -2.41. The van der Waals surface area contributed by atoms with Gasteiger partial charge in [0, 0.05) is 18.7 Å². The van der Waals surface area contributed by atoms with E-state index in [1.165, 1.54) is 22.5 Å². The third-order valence-corrected chi connectivity index (χ3v) is 5.87. The molecule has 1 amide bonds. The molecule has 2 aromatic carbocycles. The lowest BCUT2D eigenvalue weighted by atomic mass is 10.0. The van der Waals surface area contributed by atoms with Crippen molar-refractivity contribution in [2.75, 3.05) is 21.9 Å². The number of amides is 1. The third kappa shape index (κ3) is 4.17. The number of anilines is 2. The number of carbonyl (C=O) groups is 1. The predicted molar refractivity (Wildman–Crippen MR) is 95.5 cm³/mol. The molecule has 2 aromatic rings. The second kappa shape index (κ2) is 7.23. The molecule has 0 saturated heterocycles. The van der Waals surface area contributed by atoms with Gasteiger partial charge in [-0.25, -0.2) is 12.8 Å². The smallest absolute Gasteiger partial charge is 0.235 e. The van der Waals surface area contributed by atoms with Gasteiger partial charge < -0.3 is 5.32 Å². The number of para-hydroxylation sites is 1. The van der Waals surface area contributed by atoms with E-state index in [9.17, 15) is 17.6 Å². The monoisotopic (exact) mass is 362 g/mol. The Kier molecular flexibility index (Phi) is 5.03. The summed E-state index contributed by atoms with van der Waals surface area (Å²) >= 11 is 0. The highest BCUT2D eigenvalue weighted by molar-refractivity contribution is 7.92. The first-order chi connectivity index (χ1) is 12.0. The molecule has 132 valence electrons. The van der Waals surface area contributed by atoms with Gasteiger partial charge in [-0.1, -0.05) is 24.3 Å². The maximum absolute atomic E-state index is 13.1. The van der Waals surface area contributed by atoms with Crippen molar-refractivity contribution in [3.8, 4) is 0 Å². The van der Waals surface area contributed by atoms with E-state index in [2.05, 4.69) is 5.32 Å². The molecule has 0 spiro atoms. The number of hydrogen-bond acceptors (Lipinski definition) is 3. The molecule has 3 rings (SSSR count). The van der Waals surface area contributed by atoms with Crippen LogP contribution in [0.5, 0.6) is 0 Å². The number of benzene rings is 2. The molecule has 1 heterocycles. The van der Waals surface area contributed by atoms with Crippen LogP contribution in [-0.2, 0) is 21.2 Å². The molecule has 25 heavy (non-hydrogen) atoms. The summed E-state index contributed by atoms with van der Waals surface area (Å²) in [6, 6.07) is 12.9. The van der Waals surface area contributed by atoms with Crippen molar-refractivity contribution in [3.05, 3.63) is 59.9 Å². The maximum atomic E-state index is 13.1. The molecule has 0 unspecified atom stereocenters. The highest BCUT2D eigenvalue weighted by atomic mass is 32.2. The van der Waals surface area contributed by atoms with Crippen LogP contribution in [0.25, 0.3) is 0 Å². The quantitative estimate of drug-likeness (QED) is 0.889. The summed E-state index contributed by atoms with van der Waals surface area (Å²) in [5.41, 5.74) is 2.01. The highest BCUT2D eigenvalue weighted by Gasteiger charge is 2.27. The summed E-state index contributed by atoms with van der Waals surface area (Å²) in [5.74, 6) is -1.21. The van der Waals surface area contributed by atoms with Gasteiger partial charge in [0.05, 0.1) is 11.4 Å². The number of fused-ring (bicyclic) bond motifs is 1. The molecular formula is C18H19FN2O3S. The van der Waals surface area contributed by atoms with Crippen LogP contribution in [0.15, 0.2) is 48.5 Å². The lowest BCUT2D eigenvalue weighted by molar-refractivity contribution is -0.115. The Morgan fingerprint density at radius 3 is 2.76 bits per heavy atom. The van der Waals surface area contributed by atoms with Crippen LogP contribution >= 0.6 is 0 Å². The van der Waals surface area contributed by atoms with Gasteiger partial charge in [-0.2, -0.15) is 0 Å². The third-order valence-electron chi connectivity index (χ3n) is 4.10. The number of nitrogens with one attached hydrogen (secondary N) is 1.